The Bertz CT molecular complexity index is 639. The second-order valence-electron chi connectivity index (χ2n) is 4.99. The first-order valence-corrected chi connectivity index (χ1v) is 7.19. The van der Waals surface area contributed by atoms with E-state index in [1.807, 2.05) is 52.8 Å². The lowest BCUT2D eigenvalue weighted by Gasteiger charge is -2.09. The molecular weight excluding hydrogens is 262 g/mol. The summed E-state index contributed by atoms with van der Waals surface area (Å²) >= 11 is 0. The van der Waals surface area contributed by atoms with Crippen molar-refractivity contribution in [2.75, 3.05) is 0 Å². The van der Waals surface area contributed by atoms with Crippen molar-refractivity contribution >= 4 is 17.7 Å². The first kappa shape index (κ1) is 15.0. The van der Waals surface area contributed by atoms with Crippen LogP contribution >= 0.6 is 0 Å². The van der Waals surface area contributed by atoms with Gasteiger partial charge in [0.2, 0.25) is 0 Å². The zero-order chi connectivity index (χ0) is 15.2. The summed E-state index contributed by atoms with van der Waals surface area (Å²) in [5.41, 5.74) is 1.67. The van der Waals surface area contributed by atoms with Gasteiger partial charge in [-0.05, 0) is 24.1 Å². The molecule has 0 saturated heterocycles. The Balaban J connectivity index is 2.29. The highest BCUT2D eigenvalue weighted by atomic mass is 16.3. The van der Waals surface area contributed by atoms with Crippen molar-refractivity contribution in [1.29, 1.82) is 0 Å². The van der Waals surface area contributed by atoms with Crippen molar-refractivity contribution in [3.63, 3.8) is 0 Å². The predicted molar refractivity (Wildman–Crippen MR) is 83.2 cm³/mol. The molecule has 110 valence electrons. The fraction of sp³-hybridized carbons (Fsp3) is 0.294. The Kier molecular flexibility index (Phi) is 4.93. The van der Waals surface area contributed by atoms with E-state index in [1.54, 1.807) is 6.08 Å². The Morgan fingerprint density at radius 2 is 2.10 bits per heavy atom. The minimum absolute atomic E-state index is 0.218. The van der Waals surface area contributed by atoms with Gasteiger partial charge in [0.25, 0.3) is 5.82 Å². The molecule has 0 saturated carbocycles. The van der Waals surface area contributed by atoms with Crippen LogP contribution in [0.15, 0.2) is 48.2 Å². The van der Waals surface area contributed by atoms with Crippen molar-refractivity contribution in [1.82, 2.24) is 4.57 Å². The molecule has 0 spiro atoms. The van der Waals surface area contributed by atoms with E-state index in [0.717, 1.165) is 24.9 Å². The summed E-state index contributed by atoms with van der Waals surface area (Å²) in [6.07, 6.45) is 7.72. The van der Waals surface area contributed by atoms with Gasteiger partial charge in [-0.1, -0.05) is 38.1 Å². The summed E-state index contributed by atoms with van der Waals surface area (Å²) in [5.74, 6) is 0.390. The van der Waals surface area contributed by atoms with Crippen LogP contribution < -0.4 is 9.67 Å². The van der Waals surface area contributed by atoms with E-state index in [0.29, 0.717) is 11.5 Å². The van der Waals surface area contributed by atoms with Gasteiger partial charge in [0.1, 0.15) is 12.4 Å². The largest absolute Gasteiger partial charge is 0.853 e. The molecule has 0 N–H and O–H groups in total. The average molecular weight is 283 g/mol. The smallest absolute Gasteiger partial charge is 0.292 e. The Labute approximate surface area is 125 Å². The number of imidazole rings is 1. The van der Waals surface area contributed by atoms with Crippen molar-refractivity contribution in [2.24, 2.45) is 12.0 Å². The Morgan fingerprint density at radius 1 is 1.38 bits per heavy atom. The minimum Gasteiger partial charge on any atom is -0.853 e. The lowest BCUT2D eigenvalue weighted by atomic mass is 10.2. The Hall–Kier alpha value is -2.36. The van der Waals surface area contributed by atoms with Crippen LogP contribution in [0, 0.1) is 0 Å². The highest BCUT2D eigenvalue weighted by Crippen LogP contribution is 2.14. The normalized spacial score (nSPS) is 11.6. The maximum atomic E-state index is 12.4. The average Bonchev–Trinajstić information content (AvgIpc) is 2.87. The number of aromatic nitrogens is 2. The molecule has 0 aliphatic heterocycles. The highest BCUT2D eigenvalue weighted by Gasteiger charge is 2.14. The Morgan fingerprint density at radius 3 is 2.71 bits per heavy atom. The number of aryl methyl sites for hydroxylation is 2. The third-order valence-corrected chi connectivity index (χ3v) is 3.38. The fourth-order valence-electron chi connectivity index (χ4n) is 2.16. The number of hydrogen-bond acceptors (Lipinski definition) is 2. The van der Waals surface area contributed by atoms with Crippen LogP contribution in [0.1, 0.15) is 31.2 Å². The van der Waals surface area contributed by atoms with Gasteiger partial charge >= 0.3 is 0 Å². The number of benzene rings is 1. The van der Waals surface area contributed by atoms with Crippen LogP contribution in [-0.4, -0.2) is 10.5 Å². The monoisotopic (exact) mass is 283 g/mol. The first-order chi connectivity index (χ1) is 10.2. The quantitative estimate of drug-likeness (QED) is 0.455. The molecule has 0 radical (unpaired) electrons. The molecule has 4 heteroatoms. The maximum Gasteiger partial charge on any atom is 0.292 e. The number of aliphatic imine (C=N–C) groups is 1. The lowest BCUT2D eigenvalue weighted by molar-refractivity contribution is -0.674. The molecule has 0 aliphatic carbocycles. The molecule has 0 fully saturated rings. The van der Waals surface area contributed by atoms with Crippen LogP contribution in [0.4, 0.5) is 5.69 Å². The second kappa shape index (κ2) is 6.88. The molecular formula is C17H21N3O. The van der Waals surface area contributed by atoms with E-state index in [4.69, 9.17) is 0 Å². The summed E-state index contributed by atoms with van der Waals surface area (Å²) in [4.78, 5) is 4.19. The van der Waals surface area contributed by atoms with Crippen molar-refractivity contribution in [3.8, 4) is 0 Å². The lowest BCUT2D eigenvalue weighted by Crippen LogP contribution is -2.40. The molecule has 4 nitrogen and oxygen atoms in total. The number of hydrogen-bond donors (Lipinski definition) is 0. The van der Waals surface area contributed by atoms with E-state index in [9.17, 15) is 5.11 Å². The van der Waals surface area contributed by atoms with Gasteiger partial charge in [0.15, 0.2) is 0 Å². The number of unbranched alkanes of at least 4 members (excludes halogenated alkanes) is 1. The first-order valence-electron chi connectivity index (χ1n) is 7.19. The molecule has 2 rings (SSSR count). The molecule has 0 bridgehead atoms. The van der Waals surface area contributed by atoms with E-state index >= 15 is 0 Å². The zero-order valence-electron chi connectivity index (χ0n) is 12.6. The minimum atomic E-state index is -0.218. The van der Waals surface area contributed by atoms with Crippen LogP contribution in [0.2, 0.25) is 0 Å². The van der Waals surface area contributed by atoms with Gasteiger partial charge in [-0.2, -0.15) is 0 Å². The van der Waals surface area contributed by atoms with E-state index in [2.05, 4.69) is 18.5 Å². The van der Waals surface area contributed by atoms with Gasteiger partial charge in [0, 0.05) is 0 Å². The van der Waals surface area contributed by atoms with E-state index in [-0.39, 0.29) is 5.90 Å². The second-order valence-corrected chi connectivity index (χ2v) is 4.99. The molecule has 1 aromatic heterocycles. The predicted octanol–water partition coefficient (Wildman–Crippen LogP) is 2.19. The molecule has 2 aromatic rings. The van der Waals surface area contributed by atoms with Gasteiger partial charge < -0.3 is 5.11 Å². The van der Waals surface area contributed by atoms with Gasteiger partial charge in [0.05, 0.1) is 25.2 Å². The number of rotatable bonds is 6. The van der Waals surface area contributed by atoms with Crippen LogP contribution in [0.3, 0.4) is 0 Å². The van der Waals surface area contributed by atoms with Crippen molar-refractivity contribution in [2.45, 2.75) is 26.3 Å². The molecule has 1 aromatic carbocycles. The van der Waals surface area contributed by atoms with Crippen molar-refractivity contribution < 1.29 is 9.67 Å². The van der Waals surface area contributed by atoms with Gasteiger partial charge in [-0.3, -0.25) is 4.99 Å². The van der Waals surface area contributed by atoms with E-state index in [1.165, 1.54) is 0 Å². The SMILES string of the molecule is C=Cc1ccc(N=C([O-])c2n(CCCC)cc[n+]2C)cc1. The standard InChI is InChI=1S/C17H21N3O/c1-4-6-11-20-13-12-19(3)17(20)16(21)18-15-9-7-14(5-2)8-10-15/h5,7-10,12-13H,2,4,6,11H2,1,3H3. The molecule has 0 aliphatic rings. The summed E-state index contributed by atoms with van der Waals surface area (Å²) in [7, 11) is 1.87. The summed E-state index contributed by atoms with van der Waals surface area (Å²) in [6, 6.07) is 7.45. The summed E-state index contributed by atoms with van der Waals surface area (Å²) in [6.45, 7) is 6.68. The fourth-order valence-corrected chi connectivity index (χ4v) is 2.16. The molecule has 0 unspecified atom stereocenters. The maximum absolute atomic E-state index is 12.4. The van der Waals surface area contributed by atoms with Crippen LogP contribution in [-0.2, 0) is 13.6 Å². The summed E-state index contributed by atoms with van der Waals surface area (Å²) < 4.78 is 3.78. The van der Waals surface area contributed by atoms with Gasteiger partial charge in [-0.25, -0.2) is 9.13 Å². The molecule has 1 heterocycles. The highest BCUT2D eigenvalue weighted by molar-refractivity contribution is 5.87. The zero-order valence-corrected chi connectivity index (χ0v) is 12.6. The third-order valence-electron chi connectivity index (χ3n) is 3.38. The van der Waals surface area contributed by atoms with Crippen LogP contribution in [0.5, 0.6) is 0 Å². The summed E-state index contributed by atoms with van der Waals surface area (Å²) in [5, 5.41) is 12.4. The van der Waals surface area contributed by atoms with Gasteiger partial charge in [-0.15, -0.1) is 0 Å². The molecule has 0 atom stereocenters. The topological polar surface area (TPSA) is 44.2 Å². The van der Waals surface area contributed by atoms with E-state index < -0.39 is 0 Å². The molecule has 0 amide bonds. The van der Waals surface area contributed by atoms with Crippen molar-refractivity contribution in [3.05, 3.63) is 54.6 Å². The van der Waals surface area contributed by atoms with Crippen LogP contribution in [0.25, 0.3) is 6.08 Å². The number of nitrogens with zero attached hydrogens (tertiary/aromatic N) is 3. The third kappa shape index (κ3) is 3.60. The molecule has 21 heavy (non-hydrogen) atoms.